The smallest absolute Gasteiger partial charge is 0.261 e. The minimum atomic E-state index is 0.0435. The average molecular weight is 489 g/mol. The van der Waals surface area contributed by atoms with Crippen LogP contribution in [0.15, 0.2) is 16.9 Å². The number of aromatic nitrogens is 1. The molecule has 0 N–H and O–H groups in total. The molecule has 0 aliphatic carbocycles. The van der Waals surface area contributed by atoms with E-state index in [1.54, 1.807) is 4.57 Å². The Kier molecular flexibility index (Phi) is 4.59. The van der Waals surface area contributed by atoms with E-state index in [1.807, 2.05) is 6.07 Å². The first kappa shape index (κ1) is 13.9. The largest absolute Gasteiger partial charge is 0.291 e. The molecule has 0 aliphatic rings. The molecule has 0 amide bonds. The van der Waals surface area contributed by atoms with E-state index in [1.165, 1.54) is 11.3 Å². The highest BCUT2D eigenvalue weighted by Gasteiger charge is 2.09. The van der Waals surface area contributed by atoms with Gasteiger partial charge < -0.3 is 0 Å². The van der Waals surface area contributed by atoms with Crippen molar-refractivity contribution in [2.45, 2.75) is 19.9 Å². The summed E-state index contributed by atoms with van der Waals surface area (Å²) in [6, 6.07) is 4.01. The van der Waals surface area contributed by atoms with Crippen LogP contribution in [0.25, 0.3) is 10.1 Å². The van der Waals surface area contributed by atoms with Crippen LogP contribution >= 0.6 is 68.7 Å². The quantitative estimate of drug-likeness (QED) is 0.461. The summed E-state index contributed by atoms with van der Waals surface area (Å²) >= 11 is 11.3. The van der Waals surface area contributed by atoms with E-state index in [4.69, 9.17) is 12.2 Å². The molecule has 0 fully saturated rings. The lowest BCUT2D eigenvalue weighted by Gasteiger charge is -2.07. The first-order valence-electron chi connectivity index (χ1n) is 5.07. The van der Waals surface area contributed by atoms with E-state index < -0.39 is 0 Å². The fraction of sp³-hybridized carbons (Fsp3) is 0.273. The van der Waals surface area contributed by atoms with E-state index in [9.17, 15) is 4.79 Å². The maximum Gasteiger partial charge on any atom is 0.261 e. The van der Waals surface area contributed by atoms with E-state index in [2.05, 4.69) is 58.2 Å². The molecule has 0 saturated heterocycles. The van der Waals surface area contributed by atoms with Gasteiger partial charge in [-0.2, -0.15) is 0 Å². The third-order valence-corrected chi connectivity index (χ3v) is 5.69. The van der Waals surface area contributed by atoms with Crippen molar-refractivity contribution in [3.8, 4) is 0 Å². The van der Waals surface area contributed by atoms with E-state index in [0.29, 0.717) is 10.5 Å². The zero-order valence-corrected chi connectivity index (χ0v) is 14.9. The lowest BCUT2D eigenvalue weighted by Crippen LogP contribution is -2.20. The Bertz CT molecular complexity index is 690. The summed E-state index contributed by atoms with van der Waals surface area (Å²) in [6.07, 6.45) is 0.919. The molecule has 0 radical (unpaired) electrons. The van der Waals surface area contributed by atoms with Gasteiger partial charge in [0.25, 0.3) is 5.56 Å². The number of rotatable bonds is 2. The zero-order chi connectivity index (χ0) is 12.6. The fourth-order valence-corrected chi connectivity index (χ4v) is 5.08. The number of hydrogen-bond acceptors (Lipinski definition) is 3. The van der Waals surface area contributed by atoms with Gasteiger partial charge in [0.2, 0.25) is 0 Å². The van der Waals surface area contributed by atoms with Crippen LogP contribution in [0.1, 0.15) is 13.3 Å². The molecule has 0 spiro atoms. The van der Waals surface area contributed by atoms with Gasteiger partial charge in [-0.1, -0.05) is 6.92 Å². The van der Waals surface area contributed by atoms with Crippen LogP contribution in [0, 0.1) is 11.1 Å². The van der Waals surface area contributed by atoms with Crippen molar-refractivity contribution < 1.29 is 0 Å². The summed E-state index contributed by atoms with van der Waals surface area (Å²) in [5.74, 6) is 0. The Morgan fingerprint density at radius 1 is 1.41 bits per heavy atom. The van der Waals surface area contributed by atoms with Crippen LogP contribution < -0.4 is 5.56 Å². The summed E-state index contributed by atoms with van der Waals surface area (Å²) in [5.41, 5.74) is 0.0435. The summed E-state index contributed by atoms with van der Waals surface area (Å²) in [4.78, 5) is 12.3. The van der Waals surface area contributed by atoms with Gasteiger partial charge >= 0.3 is 0 Å². The standard InChI is InChI=1S/C11H9I2NOS2/c1-2-3-14-10(15)7-4-6(12)5-8(13)9(7)17-11(14)16/h4-5H,2-3H2,1H3. The van der Waals surface area contributed by atoms with Gasteiger partial charge in [0.15, 0.2) is 3.95 Å². The molecular formula is C11H9I2NOS2. The Balaban J connectivity index is 2.92. The Morgan fingerprint density at radius 2 is 2.12 bits per heavy atom. The second kappa shape index (κ2) is 5.62. The number of benzene rings is 1. The molecule has 2 nitrogen and oxygen atoms in total. The summed E-state index contributed by atoms with van der Waals surface area (Å²) in [6.45, 7) is 2.75. The molecule has 0 unspecified atom stereocenters. The van der Waals surface area contributed by atoms with Crippen molar-refractivity contribution in [2.75, 3.05) is 0 Å². The molecule has 2 aromatic rings. The van der Waals surface area contributed by atoms with Gasteiger partial charge in [-0.15, -0.1) is 11.3 Å². The molecule has 17 heavy (non-hydrogen) atoms. The highest BCUT2D eigenvalue weighted by atomic mass is 127. The molecule has 6 heteroatoms. The van der Waals surface area contributed by atoms with Crippen molar-refractivity contribution in [1.82, 2.24) is 4.57 Å². The van der Waals surface area contributed by atoms with Crippen molar-refractivity contribution in [3.63, 3.8) is 0 Å². The van der Waals surface area contributed by atoms with E-state index in [-0.39, 0.29) is 5.56 Å². The molecule has 90 valence electrons. The van der Waals surface area contributed by atoms with E-state index >= 15 is 0 Å². The first-order valence-corrected chi connectivity index (χ1v) is 8.45. The monoisotopic (exact) mass is 489 g/mol. The third-order valence-electron chi connectivity index (χ3n) is 2.34. The van der Waals surface area contributed by atoms with Crippen LogP contribution in [0.2, 0.25) is 0 Å². The van der Waals surface area contributed by atoms with Gasteiger partial charge in [0.05, 0.1) is 10.1 Å². The molecule has 0 aliphatic heterocycles. The van der Waals surface area contributed by atoms with Crippen LogP contribution in [0.5, 0.6) is 0 Å². The van der Waals surface area contributed by atoms with Gasteiger partial charge in [0, 0.05) is 13.7 Å². The summed E-state index contributed by atoms with van der Waals surface area (Å²) in [7, 11) is 0. The topological polar surface area (TPSA) is 22.0 Å². The molecule has 2 rings (SSSR count). The molecule has 0 saturated carbocycles. The lowest BCUT2D eigenvalue weighted by atomic mass is 10.3. The van der Waals surface area contributed by atoms with Crippen molar-refractivity contribution in [3.05, 3.63) is 33.6 Å². The zero-order valence-electron chi connectivity index (χ0n) is 9.00. The van der Waals surface area contributed by atoms with Crippen LogP contribution in [0.3, 0.4) is 0 Å². The maximum atomic E-state index is 12.3. The molecule has 0 atom stereocenters. The first-order chi connectivity index (χ1) is 8.04. The van der Waals surface area contributed by atoms with E-state index in [0.717, 1.165) is 23.6 Å². The second-order valence-corrected chi connectivity index (χ2v) is 7.64. The molecule has 0 bridgehead atoms. The Morgan fingerprint density at radius 3 is 2.76 bits per heavy atom. The SMILES string of the molecule is CCCn1c(=S)sc2c(I)cc(I)cc2c1=O. The number of halogens is 2. The van der Waals surface area contributed by atoms with Crippen LogP contribution in [-0.2, 0) is 6.54 Å². The highest BCUT2D eigenvalue weighted by Crippen LogP contribution is 2.25. The average Bonchev–Trinajstić information content (AvgIpc) is 2.26. The third kappa shape index (κ3) is 2.74. The van der Waals surface area contributed by atoms with Gasteiger partial charge in [-0.3, -0.25) is 9.36 Å². The second-order valence-electron chi connectivity index (χ2n) is 3.59. The van der Waals surface area contributed by atoms with Gasteiger partial charge in [0.1, 0.15) is 0 Å². The summed E-state index contributed by atoms with van der Waals surface area (Å²) < 4.78 is 5.57. The van der Waals surface area contributed by atoms with Crippen LogP contribution in [0.4, 0.5) is 0 Å². The van der Waals surface area contributed by atoms with Gasteiger partial charge in [-0.05, 0) is 76.0 Å². The predicted octanol–water partition coefficient (Wildman–Crippen LogP) is 4.41. The summed E-state index contributed by atoms with van der Waals surface area (Å²) in [5, 5.41) is 0.786. The fourth-order valence-electron chi connectivity index (χ4n) is 1.61. The Labute approximate surface area is 135 Å². The normalized spacial score (nSPS) is 11.0. The molecule has 1 heterocycles. The minimum Gasteiger partial charge on any atom is -0.291 e. The number of hydrogen-bond donors (Lipinski definition) is 0. The lowest BCUT2D eigenvalue weighted by molar-refractivity contribution is 0.659. The number of nitrogens with zero attached hydrogens (tertiary/aromatic N) is 1. The highest BCUT2D eigenvalue weighted by molar-refractivity contribution is 14.1. The number of fused-ring (bicyclic) bond motifs is 1. The van der Waals surface area contributed by atoms with Crippen molar-refractivity contribution in [2.24, 2.45) is 0 Å². The molecule has 1 aromatic heterocycles. The minimum absolute atomic E-state index is 0.0435. The molecule has 1 aromatic carbocycles. The molecular weight excluding hydrogens is 480 g/mol. The van der Waals surface area contributed by atoms with Crippen LogP contribution in [-0.4, -0.2) is 4.57 Å². The van der Waals surface area contributed by atoms with Gasteiger partial charge in [-0.25, -0.2) is 0 Å². The van der Waals surface area contributed by atoms with Crippen molar-refractivity contribution >= 4 is 78.8 Å². The predicted molar refractivity (Wildman–Crippen MR) is 92.6 cm³/mol. The van der Waals surface area contributed by atoms with Crippen molar-refractivity contribution in [1.29, 1.82) is 0 Å². The maximum absolute atomic E-state index is 12.3. The Hall–Kier alpha value is 0.460.